The molecule has 3 rings (SSSR count). The highest BCUT2D eigenvalue weighted by Crippen LogP contribution is 2.24. The predicted octanol–water partition coefficient (Wildman–Crippen LogP) is 1.08. The van der Waals surface area contributed by atoms with E-state index in [9.17, 15) is 4.79 Å². The fourth-order valence-electron chi connectivity index (χ4n) is 2.87. The average molecular weight is 249 g/mol. The lowest BCUT2D eigenvalue weighted by Crippen LogP contribution is -2.43. The molecule has 0 unspecified atom stereocenters. The van der Waals surface area contributed by atoms with Crippen molar-refractivity contribution >= 4 is 5.91 Å². The van der Waals surface area contributed by atoms with Gasteiger partial charge in [-0.15, -0.1) is 0 Å². The van der Waals surface area contributed by atoms with Gasteiger partial charge in [-0.3, -0.25) is 4.79 Å². The first-order valence-electron chi connectivity index (χ1n) is 6.68. The monoisotopic (exact) mass is 249 g/mol. The van der Waals surface area contributed by atoms with Crippen molar-refractivity contribution in [1.29, 1.82) is 0 Å². The summed E-state index contributed by atoms with van der Waals surface area (Å²) < 4.78 is 7.42. The van der Waals surface area contributed by atoms with Gasteiger partial charge in [-0.05, 0) is 19.3 Å². The molecule has 0 aromatic carbocycles. The molecule has 2 saturated heterocycles. The summed E-state index contributed by atoms with van der Waals surface area (Å²) in [6.45, 7) is 3.03. The second-order valence-corrected chi connectivity index (χ2v) is 5.15. The van der Waals surface area contributed by atoms with Crippen LogP contribution in [0.25, 0.3) is 0 Å². The van der Waals surface area contributed by atoms with Gasteiger partial charge in [0, 0.05) is 32.1 Å². The molecule has 1 amide bonds. The number of ether oxygens (including phenoxy) is 1. The van der Waals surface area contributed by atoms with Crippen LogP contribution >= 0.6 is 0 Å². The topological polar surface area (TPSA) is 47.4 Å². The maximum Gasteiger partial charge on any atom is 0.228 e. The third kappa shape index (κ3) is 2.27. The molecule has 2 aliphatic heterocycles. The molecule has 1 aromatic heterocycles. The minimum absolute atomic E-state index is 0.0894. The van der Waals surface area contributed by atoms with E-state index in [-0.39, 0.29) is 11.8 Å². The summed E-state index contributed by atoms with van der Waals surface area (Å²) in [4.78, 5) is 18.4. The predicted molar refractivity (Wildman–Crippen MR) is 66.0 cm³/mol. The summed E-state index contributed by atoms with van der Waals surface area (Å²) in [7, 11) is 0. The van der Waals surface area contributed by atoms with Crippen molar-refractivity contribution in [2.75, 3.05) is 26.3 Å². The van der Waals surface area contributed by atoms with Gasteiger partial charge >= 0.3 is 0 Å². The number of hydrogen-bond donors (Lipinski definition) is 0. The lowest BCUT2D eigenvalue weighted by Gasteiger charge is -2.34. The molecule has 0 aliphatic carbocycles. The summed E-state index contributed by atoms with van der Waals surface area (Å²) in [5, 5.41) is 0. The molecule has 2 aliphatic rings. The second-order valence-electron chi connectivity index (χ2n) is 5.15. The van der Waals surface area contributed by atoms with Crippen LogP contribution in [0.3, 0.4) is 0 Å². The zero-order chi connectivity index (χ0) is 12.4. The van der Waals surface area contributed by atoms with Gasteiger partial charge in [-0.25, -0.2) is 4.98 Å². The third-order valence-corrected chi connectivity index (χ3v) is 3.93. The molecule has 98 valence electrons. The van der Waals surface area contributed by atoms with Gasteiger partial charge < -0.3 is 14.2 Å². The molecule has 2 fully saturated rings. The Morgan fingerprint density at radius 3 is 3.06 bits per heavy atom. The minimum atomic E-state index is 0.0894. The van der Waals surface area contributed by atoms with Crippen LogP contribution in [-0.2, 0) is 9.53 Å². The molecular weight excluding hydrogens is 230 g/mol. The molecule has 18 heavy (non-hydrogen) atoms. The van der Waals surface area contributed by atoms with Crippen LogP contribution in [0.15, 0.2) is 18.7 Å². The zero-order valence-electron chi connectivity index (χ0n) is 10.5. The van der Waals surface area contributed by atoms with E-state index in [2.05, 4.69) is 9.55 Å². The number of amides is 1. The smallest absolute Gasteiger partial charge is 0.228 e. The van der Waals surface area contributed by atoms with Crippen LogP contribution in [0.4, 0.5) is 0 Å². The van der Waals surface area contributed by atoms with E-state index >= 15 is 0 Å². The quantitative estimate of drug-likeness (QED) is 0.788. The Balaban J connectivity index is 1.64. The Bertz CT molecular complexity index is 398. The largest absolute Gasteiger partial charge is 0.381 e. The van der Waals surface area contributed by atoms with E-state index < -0.39 is 0 Å². The lowest BCUT2D eigenvalue weighted by molar-refractivity contribution is -0.137. The van der Waals surface area contributed by atoms with Crippen LogP contribution < -0.4 is 0 Å². The molecule has 5 nitrogen and oxygen atoms in total. The van der Waals surface area contributed by atoms with Crippen LogP contribution in [-0.4, -0.2) is 46.7 Å². The molecular formula is C13H19N3O2. The Morgan fingerprint density at radius 1 is 1.39 bits per heavy atom. The Hall–Kier alpha value is -1.36. The SMILES string of the molecule is O=C([C@@H]1CCOC1)N1CCC[C@H](n2ccnc2)C1. The van der Waals surface area contributed by atoms with Gasteiger partial charge in [0.2, 0.25) is 5.91 Å². The van der Waals surface area contributed by atoms with Crippen LogP contribution in [0.5, 0.6) is 0 Å². The second kappa shape index (κ2) is 5.10. The average Bonchev–Trinajstić information content (AvgIpc) is 3.11. The Morgan fingerprint density at radius 2 is 2.33 bits per heavy atom. The van der Waals surface area contributed by atoms with Gasteiger partial charge in [0.05, 0.1) is 24.9 Å². The van der Waals surface area contributed by atoms with Gasteiger partial charge in [0.15, 0.2) is 0 Å². The van der Waals surface area contributed by atoms with Gasteiger partial charge in [0.25, 0.3) is 0 Å². The maximum absolute atomic E-state index is 12.3. The Kier molecular flexibility index (Phi) is 3.32. The summed E-state index contributed by atoms with van der Waals surface area (Å²) in [5.41, 5.74) is 0. The highest BCUT2D eigenvalue weighted by Gasteiger charge is 2.31. The van der Waals surface area contributed by atoms with Gasteiger partial charge in [0.1, 0.15) is 0 Å². The minimum Gasteiger partial charge on any atom is -0.381 e. The molecule has 0 spiro atoms. The highest BCUT2D eigenvalue weighted by atomic mass is 16.5. The molecule has 5 heteroatoms. The zero-order valence-corrected chi connectivity index (χ0v) is 10.5. The number of rotatable bonds is 2. The normalized spacial score (nSPS) is 28.6. The number of nitrogens with zero attached hydrogens (tertiary/aromatic N) is 3. The van der Waals surface area contributed by atoms with Crippen LogP contribution in [0, 0.1) is 5.92 Å². The first-order chi connectivity index (χ1) is 8.84. The van der Waals surface area contributed by atoms with E-state index in [0.29, 0.717) is 12.6 Å². The Labute approximate surface area is 107 Å². The first-order valence-corrected chi connectivity index (χ1v) is 6.68. The van der Waals surface area contributed by atoms with E-state index in [0.717, 1.165) is 39.0 Å². The van der Waals surface area contributed by atoms with Crippen molar-refractivity contribution in [1.82, 2.24) is 14.5 Å². The molecule has 1 aromatic rings. The molecule has 0 N–H and O–H groups in total. The van der Waals surface area contributed by atoms with Crippen molar-refractivity contribution in [3.05, 3.63) is 18.7 Å². The fraction of sp³-hybridized carbons (Fsp3) is 0.692. The van der Waals surface area contributed by atoms with Crippen molar-refractivity contribution in [3.63, 3.8) is 0 Å². The number of piperidine rings is 1. The first kappa shape index (κ1) is 11.7. The number of aromatic nitrogens is 2. The van der Waals surface area contributed by atoms with Crippen LogP contribution in [0.2, 0.25) is 0 Å². The molecule has 0 bridgehead atoms. The van der Waals surface area contributed by atoms with Crippen LogP contribution in [0.1, 0.15) is 25.3 Å². The fourth-order valence-corrected chi connectivity index (χ4v) is 2.87. The molecule has 2 atom stereocenters. The van der Waals surface area contributed by atoms with E-state index in [1.807, 2.05) is 17.4 Å². The number of imidazole rings is 1. The highest BCUT2D eigenvalue weighted by molar-refractivity contribution is 5.79. The van der Waals surface area contributed by atoms with E-state index in [1.54, 1.807) is 6.20 Å². The van der Waals surface area contributed by atoms with Crippen molar-refractivity contribution in [2.24, 2.45) is 5.92 Å². The number of hydrogen-bond acceptors (Lipinski definition) is 3. The molecule has 0 saturated carbocycles. The van der Waals surface area contributed by atoms with Crippen molar-refractivity contribution in [2.45, 2.75) is 25.3 Å². The van der Waals surface area contributed by atoms with E-state index in [1.165, 1.54) is 0 Å². The van der Waals surface area contributed by atoms with Crippen molar-refractivity contribution < 1.29 is 9.53 Å². The molecule has 3 heterocycles. The number of carbonyl (C=O) groups is 1. The maximum atomic E-state index is 12.3. The third-order valence-electron chi connectivity index (χ3n) is 3.93. The van der Waals surface area contributed by atoms with Gasteiger partial charge in [-0.2, -0.15) is 0 Å². The number of likely N-dealkylation sites (tertiary alicyclic amines) is 1. The summed E-state index contributed by atoms with van der Waals surface area (Å²) in [6.07, 6.45) is 8.70. The van der Waals surface area contributed by atoms with Gasteiger partial charge in [-0.1, -0.05) is 0 Å². The lowest BCUT2D eigenvalue weighted by atomic mass is 10.0. The standard InChI is InChI=1S/C13H19N3O2/c17-13(11-3-7-18-9-11)15-5-1-2-12(8-15)16-6-4-14-10-16/h4,6,10-12H,1-3,5,7-9H2/t11-,12+/m1/s1. The van der Waals surface area contributed by atoms with Crippen molar-refractivity contribution in [3.8, 4) is 0 Å². The summed E-state index contributed by atoms with van der Waals surface area (Å²) in [6, 6.07) is 0.382. The number of carbonyl (C=O) groups excluding carboxylic acids is 1. The van der Waals surface area contributed by atoms with E-state index in [4.69, 9.17) is 4.74 Å². The molecule has 0 radical (unpaired) electrons. The summed E-state index contributed by atoms with van der Waals surface area (Å²) >= 11 is 0. The summed E-state index contributed by atoms with van der Waals surface area (Å²) in [5.74, 6) is 0.365.